The number of ether oxygens (including phenoxy) is 2. The van der Waals surface area contributed by atoms with Gasteiger partial charge in [0.1, 0.15) is 28.9 Å². The lowest BCUT2D eigenvalue weighted by Crippen LogP contribution is -2.01. The van der Waals surface area contributed by atoms with Gasteiger partial charge in [0.25, 0.3) is 0 Å². The maximum atomic E-state index is 9.56. The fraction of sp³-hybridized carbons (Fsp3) is 0.211. The average molecular weight is 349 g/mol. The molecule has 26 heavy (non-hydrogen) atoms. The molecule has 0 bridgehead atoms. The highest BCUT2D eigenvalue weighted by Gasteiger charge is 2.18. The number of anilines is 1. The lowest BCUT2D eigenvalue weighted by atomic mass is 9.98. The molecule has 0 radical (unpaired) electrons. The highest BCUT2D eigenvalue weighted by atomic mass is 16.5. The van der Waals surface area contributed by atoms with E-state index in [1.165, 1.54) is 0 Å². The zero-order chi connectivity index (χ0) is 18.8. The topological polar surface area (TPSA) is 99.0 Å². The molecule has 3 aromatic rings. The van der Waals surface area contributed by atoms with E-state index in [1.54, 1.807) is 31.2 Å². The van der Waals surface area contributed by atoms with Gasteiger partial charge in [-0.1, -0.05) is 0 Å². The molecule has 0 atom stereocenters. The number of nitrogen functional groups attached to an aromatic ring is 1. The number of aromatic nitrogens is 3. The Hall–Kier alpha value is -3.53. The van der Waals surface area contributed by atoms with Gasteiger partial charge in [0.05, 0.1) is 26.1 Å². The summed E-state index contributed by atoms with van der Waals surface area (Å²) in [5, 5.41) is 13.8. The highest BCUT2D eigenvalue weighted by Crippen LogP contribution is 2.37. The first kappa shape index (κ1) is 17.3. The molecule has 2 aromatic heterocycles. The zero-order valence-corrected chi connectivity index (χ0v) is 15.1. The van der Waals surface area contributed by atoms with Crippen molar-refractivity contribution in [1.82, 2.24) is 14.8 Å². The van der Waals surface area contributed by atoms with Gasteiger partial charge >= 0.3 is 0 Å². The third-order valence-corrected chi connectivity index (χ3v) is 4.37. The number of nitriles is 1. The van der Waals surface area contributed by atoms with Crippen molar-refractivity contribution in [1.29, 1.82) is 5.26 Å². The van der Waals surface area contributed by atoms with E-state index in [2.05, 4.69) is 16.2 Å². The summed E-state index contributed by atoms with van der Waals surface area (Å²) in [5.74, 6) is 1.47. The molecular formula is C19H19N5O2. The molecule has 7 heteroatoms. The predicted molar refractivity (Wildman–Crippen MR) is 98.8 cm³/mol. The Kier molecular flexibility index (Phi) is 4.50. The summed E-state index contributed by atoms with van der Waals surface area (Å²) in [6.07, 6.45) is 1.72. The van der Waals surface area contributed by atoms with E-state index in [0.717, 1.165) is 16.8 Å². The Labute approximate surface area is 151 Å². The number of aryl methyl sites for hydroxylation is 1. The number of methoxy groups -OCH3 is 2. The second-order valence-corrected chi connectivity index (χ2v) is 5.76. The van der Waals surface area contributed by atoms with Gasteiger partial charge in [-0.3, -0.25) is 4.68 Å². The molecule has 2 heterocycles. The molecule has 0 amide bonds. The molecule has 7 nitrogen and oxygen atoms in total. The minimum absolute atomic E-state index is 0.160. The molecule has 0 aliphatic rings. The Balaban J connectivity index is 2.29. The largest absolute Gasteiger partial charge is 0.497 e. The third-order valence-electron chi connectivity index (χ3n) is 4.37. The first-order valence-corrected chi connectivity index (χ1v) is 7.92. The average Bonchev–Trinajstić information content (AvgIpc) is 2.99. The summed E-state index contributed by atoms with van der Waals surface area (Å²) in [7, 11) is 5.03. The van der Waals surface area contributed by atoms with Crippen molar-refractivity contribution in [2.24, 2.45) is 7.05 Å². The van der Waals surface area contributed by atoms with Crippen molar-refractivity contribution in [3.05, 3.63) is 41.7 Å². The minimum Gasteiger partial charge on any atom is -0.497 e. The second-order valence-electron chi connectivity index (χ2n) is 5.76. The van der Waals surface area contributed by atoms with E-state index in [-0.39, 0.29) is 5.82 Å². The van der Waals surface area contributed by atoms with E-state index >= 15 is 0 Å². The quantitative estimate of drug-likeness (QED) is 0.777. The lowest BCUT2D eigenvalue weighted by Gasteiger charge is -2.13. The molecular weight excluding hydrogens is 330 g/mol. The minimum atomic E-state index is 0.160. The Morgan fingerprint density at radius 3 is 2.46 bits per heavy atom. The van der Waals surface area contributed by atoms with Crippen molar-refractivity contribution >= 4 is 5.82 Å². The molecule has 0 aliphatic carbocycles. The molecule has 0 aliphatic heterocycles. The summed E-state index contributed by atoms with van der Waals surface area (Å²) in [4.78, 5) is 4.41. The number of nitrogens with two attached hydrogens (primary N) is 1. The Bertz CT molecular complexity index is 1020. The summed E-state index contributed by atoms with van der Waals surface area (Å²) in [6, 6.07) is 9.42. The van der Waals surface area contributed by atoms with Gasteiger partial charge in [-0.05, 0) is 31.2 Å². The molecule has 0 spiro atoms. The van der Waals surface area contributed by atoms with Crippen molar-refractivity contribution in [2.75, 3.05) is 20.0 Å². The summed E-state index contributed by atoms with van der Waals surface area (Å²) >= 11 is 0. The van der Waals surface area contributed by atoms with Crippen LogP contribution in [0, 0.1) is 18.3 Å². The number of rotatable bonds is 4. The van der Waals surface area contributed by atoms with Crippen LogP contribution in [0.5, 0.6) is 11.5 Å². The third kappa shape index (κ3) is 2.82. The molecule has 3 rings (SSSR count). The maximum absolute atomic E-state index is 9.56. The smallest absolute Gasteiger partial charge is 0.142 e. The van der Waals surface area contributed by atoms with Crippen LogP contribution in [0.2, 0.25) is 0 Å². The number of nitrogens with zero attached hydrogens (tertiary/aromatic N) is 4. The maximum Gasteiger partial charge on any atom is 0.142 e. The van der Waals surface area contributed by atoms with Crippen LogP contribution >= 0.6 is 0 Å². The monoisotopic (exact) mass is 349 g/mol. The van der Waals surface area contributed by atoms with Gasteiger partial charge < -0.3 is 15.2 Å². The van der Waals surface area contributed by atoms with E-state index < -0.39 is 0 Å². The van der Waals surface area contributed by atoms with Gasteiger partial charge in [0.2, 0.25) is 0 Å². The van der Waals surface area contributed by atoms with Crippen LogP contribution in [-0.4, -0.2) is 29.0 Å². The van der Waals surface area contributed by atoms with Gasteiger partial charge in [0, 0.05) is 29.4 Å². The van der Waals surface area contributed by atoms with Crippen LogP contribution in [-0.2, 0) is 7.05 Å². The van der Waals surface area contributed by atoms with Gasteiger partial charge in [-0.25, -0.2) is 4.98 Å². The molecule has 0 saturated heterocycles. The Morgan fingerprint density at radius 1 is 1.12 bits per heavy atom. The van der Waals surface area contributed by atoms with Crippen molar-refractivity contribution in [2.45, 2.75) is 6.92 Å². The first-order valence-electron chi connectivity index (χ1n) is 7.92. The van der Waals surface area contributed by atoms with E-state index in [0.29, 0.717) is 28.3 Å². The van der Waals surface area contributed by atoms with Gasteiger partial charge in [0.15, 0.2) is 0 Å². The van der Waals surface area contributed by atoms with E-state index in [9.17, 15) is 5.26 Å². The van der Waals surface area contributed by atoms with Crippen LogP contribution in [0.15, 0.2) is 30.5 Å². The summed E-state index contributed by atoms with van der Waals surface area (Å²) in [5.41, 5.74) is 10.2. The SMILES string of the molecule is COc1ccc(OC)c(-c2cc(-c3cnn(C)c3C)c(C#N)c(N)n2)c1. The predicted octanol–water partition coefficient (Wildman–Crippen LogP) is 2.93. The normalized spacial score (nSPS) is 10.4. The summed E-state index contributed by atoms with van der Waals surface area (Å²) in [6.45, 7) is 1.94. The van der Waals surface area contributed by atoms with Crippen LogP contribution in [0.25, 0.3) is 22.4 Å². The van der Waals surface area contributed by atoms with Crippen LogP contribution in [0.4, 0.5) is 5.82 Å². The molecule has 2 N–H and O–H groups in total. The molecule has 132 valence electrons. The summed E-state index contributed by atoms with van der Waals surface area (Å²) < 4.78 is 12.5. The lowest BCUT2D eigenvalue weighted by molar-refractivity contribution is 0.404. The first-order chi connectivity index (χ1) is 12.5. The molecule has 1 aromatic carbocycles. The van der Waals surface area contributed by atoms with Gasteiger partial charge in [-0.2, -0.15) is 10.4 Å². The number of hydrogen-bond acceptors (Lipinski definition) is 6. The Morgan fingerprint density at radius 2 is 1.88 bits per heavy atom. The molecule has 0 fully saturated rings. The second kappa shape index (κ2) is 6.76. The fourth-order valence-corrected chi connectivity index (χ4v) is 2.81. The zero-order valence-electron chi connectivity index (χ0n) is 15.1. The van der Waals surface area contributed by atoms with Crippen molar-refractivity contribution < 1.29 is 9.47 Å². The standard InChI is InChI=1S/C19H19N5O2/c1-11-16(10-22-24(11)2)13-8-17(23-19(21)15(13)9-20)14-7-12(25-3)5-6-18(14)26-4/h5-8,10H,1-4H3,(H2,21,23). The van der Waals surface area contributed by atoms with Crippen molar-refractivity contribution in [3.63, 3.8) is 0 Å². The molecule has 0 saturated carbocycles. The fourth-order valence-electron chi connectivity index (χ4n) is 2.81. The molecule has 0 unspecified atom stereocenters. The van der Waals surface area contributed by atoms with Crippen LogP contribution in [0.1, 0.15) is 11.3 Å². The van der Waals surface area contributed by atoms with Crippen molar-refractivity contribution in [3.8, 4) is 40.0 Å². The van der Waals surface area contributed by atoms with E-state index in [4.69, 9.17) is 15.2 Å². The number of benzene rings is 1. The van der Waals surface area contributed by atoms with E-state index in [1.807, 2.05) is 32.2 Å². The van der Waals surface area contributed by atoms with Crippen LogP contribution in [0.3, 0.4) is 0 Å². The van der Waals surface area contributed by atoms with Gasteiger partial charge in [-0.15, -0.1) is 0 Å². The number of hydrogen-bond donors (Lipinski definition) is 1. The van der Waals surface area contributed by atoms with Crippen LogP contribution < -0.4 is 15.2 Å². The highest BCUT2D eigenvalue weighted by molar-refractivity contribution is 5.82. The number of pyridine rings is 1.